The van der Waals surface area contributed by atoms with Crippen molar-refractivity contribution in [3.8, 4) is 11.6 Å². The molecule has 0 bridgehead atoms. The molecule has 1 aliphatic heterocycles. The fourth-order valence-electron chi connectivity index (χ4n) is 1.78. The Bertz CT molecular complexity index is 429. The van der Waals surface area contributed by atoms with Gasteiger partial charge in [-0.1, -0.05) is 5.16 Å². The SMILES string of the molecule is c1coc(-c2noc([C@@H]3CCCN3)n2)c1. The molecule has 0 unspecified atom stereocenters. The van der Waals surface area contributed by atoms with Crippen molar-refractivity contribution in [2.45, 2.75) is 18.9 Å². The van der Waals surface area contributed by atoms with Gasteiger partial charge in [-0.3, -0.25) is 0 Å². The Labute approximate surface area is 86.5 Å². The Hall–Kier alpha value is -1.62. The standard InChI is InChI=1S/C10H11N3O2/c1-3-7(11-5-1)10-12-9(13-15-10)8-4-2-6-14-8/h2,4,6-7,11H,1,3,5H2/t7-/m0/s1. The van der Waals surface area contributed by atoms with Crippen LogP contribution in [0.3, 0.4) is 0 Å². The van der Waals surface area contributed by atoms with E-state index in [-0.39, 0.29) is 6.04 Å². The Kier molecular flexibility index (Phi) is 2.03. The van der Waals surface area contributed by atoms with E-state index in [0.29, 0.717) is 17.5 Å². The van der Waals surface area contributed by atoms with Crippen LogP contribution in [-0.2, 0) is 0 Å². The summed E-state index contributed by atoms with van der Waals surface area (Å²) in [5, 5.41) is 7.19. The molecule has 2 aromatic heterocycles. The number of furan rings is 1. The fourth-order valence-corrected chi connectivity index (χ4v) is 1.78. The molecular formula is C10H11N3O2. The number of hydrogen-bond acceptors (Lipinski definition) is 5. The predicted molar refractivity (Wildman–Crippen MR) is 52.0 cm³/mol. The third-order valence-electron chi connectivity index (χ3n) is 2.54. The molecule has 1 N–H and O–H groups in total. The summed E-state index contributed by atoms with van der Waals surface area (Å²) >= 11 is 0. The van der Waals surface area contributed by atoms with Crippen molar-refractivity contribution in [1.82, 2.24) is 15.5 Å². The highest BCUT2D eigenvalue weighted by Gasteiger charge is 2.23. The van der Waals surface area contributed by atoms with Gasteiger partial charge in [-0.25, -0.2) is 0 Å². The predicted octanol–water partition coefficient (Wildman–Crippen LogP) is 1.75. The maximum Gasteiger partial charge on any atom is 0.244 e. The van der Waals surface area contributed by atoms with Crippen molar-refractivity contribution in [2.24, 2.45) is 0 Å². The van der Waals surface area contributed by atoms with E-state index in [1.54, 1.807) is 12.3 Å². The largest absolute Gasteiger partial charge is 0.461 e. The first kappa shape index (κ1) is 8.67. The van der Waals surface area contributed by atoms with Crippen LogP contribution in [0.5, 0.6) is 0 Å². The summed E-state index contributed by atoms with van der Waals surface area (Å²) in [6.45, 7) is 1.02. The first-order valence-electron chi connectivity index (χ1n) is 5.04. The van der Waals surface area contributed by atoms with Gasteiger partial charge in [0, 0.05) is 0 Å². The van der Waals surface area contributed by atoms with Gasteiger partial charge in [0.1, 0.15) is 0 Å². The maximum absolute atomic E-state index is 5.19. The van der Waals surface area contributed by atoms with E-state index < -0.39 is 0 Å². The molecule has 15 heavy (non-hydrogen) atoms. The van der Waals surface area contributed by atoms with E-state index >= 15 is 0 Å². The summed E-state index contributed by atoms with van der Waals surface area (Å²) in [7, 11) is 0. The van der Waals surface area contributed by atoms with Gasteiger partial charge in [-0.05, 0) is 31.5 Å². The van der Waals surface area contributed by atoms with E-state index in [2.05, 4.69) is 15.5 Å². The monoisotopic (exact) mass is 205 g/mol. The minimum absolute atomic E-state index is 0.209. The summed E-state index contributed by atoms with van der Waals surface area (Å²) in [5.41, 5.74) is 0. The number of nitrogens with one attached hydrogen (secondary N) is 1. The highest BCUT2D eigenvalue weighted by Crippen LogP contribution is 2.24. The van der Waals surface area contributed by atoms with E-state index in [1.165, 1.54) is 0 Å². The summed E-state index contributed by atoms with van der Waals surface area (Å²) in [6.07, 6.45) is 3.81. The molecule has 2 aromatic rings. The summed E-state index contributed by atoms with van der Waals surface area (Å²) in [6, 6.07) is 3.83. The lowest BCUT2D eigenvalue weighted by atomic mass is 10.2. The van der Waals surface area contributed by atoms with Gasteiger partial charge in [0.2, 0.25) is 11.7 Å². The fraction of sp³-hybridized carbons (Fsp3) is 0.400. The van der Waals surface area contributed by atoms with E-state index in [4.69, 9.17) is 8.94 Å². The van der Waals surface area contributed by atoms with E-state index in [0.717, 1.165) is 19.4 Å². The summed E-state index contributed by atoms with van der Waals surface area (Å²) in [5.74, 6) is 1.81. The van der Waals surface area contributed by atoms with Gasteiger partial charge < -0.3 is 14.3 Å². The van der Waals surface area contributed by atoms with Crippen molar-refractivity contribution >= 4 is 0 Å². The lowest BCUT2D eigenvalue weighted by Crippen LogP contribution is -2.12. The van der Waals surface area contributed by atoms with Crippen LogP contribution in [0.15, 0.2) is 27.3 Å². The molecule has 0 aliphatic carbocycles. The number of nitrogens with zero attached hydrogens (tertiary/aromatic N) is 2. The smallest absolute Gasteiger partial charge is 0.244 e. The molecule has 0 aromatic carbocycles. The molecule has 78 valence electrons. The van der Waals surface area contributed by atoms with Gasteiger partial charge >= 0.3 is 0 Å². The second-order valence-corrected chi connectivity index (χ2v) is 3.58. The first-order valence-corrected chi connectivity index (χ1v) is 5.04. The molecule has 1 saturated heterocycles. The van der Waals surface area contributed by atoms with Crippen LogP contribution in [0.1, 0.15) is 24.8 Å². The van der Waals surface area contributed by atoms with Crippen LogP contribution in [-0.4, -0.2) is 16.7 Å². The zero-order valence-electron chi connectivity index (χ0n) is 8.14. The molecular weight excluding hydrogens is 194 g/mol. The van der Waals surface area contributed by atoms with Crippen LogP contribution >= 0.6 is 0 Å². The van der Waals surface area contributed by atoms with Gasteiger partial charge in [0.15, 0.2) is 5.76 Å². The molecule has 3 heterocycles. The van der Waals surface area contributed by atoms with Crippen molar-refractivity contribution in [3.63, 3.8) is 0 Å². The number of aromatic nitrogens is 2. The highest BCUT2D eigenvalue weighted by atomic mass is 16.5. The lowest BCUT2D eigenvalue weighted by molar-refractivity contribution is 0.344. The zero-order chi connectivity index (χ0) is 10.1. The molecule has 1 aliphatic rings. The second-order valence-electron chi connectivity index (χ2n) is 3.58. The Morgan fingerprint density at radius 1 is 1.47 bits per heavy atom. The zero-order valence-corrected chi connectivity index (χ0v) is 8.14. The van der Waals surface area contributed by atoms with Gasteiger partial charge in [0.25, 0.3) is 0 Å². The number of rotatable bonds is 2. The Morgan fingerprint density at radius 2 is 2.47 bits per heavy atom. The van der Waals surface area contributed by atoms with Crippen LogP contribution in [0.25, 0.3) is 11.6 Å². The molecule has 1 atom stereocenters. The van der Waals surface area contributed by atoms with Crippen LogP contribution in [0, 0.1) is 0 Å². The minimum Gasteiger partial charge on any atom is -0.461 e. The molecule has 5 heteroatoms. The van der Waals surface area contributed by atoms with Gasteiger partial charge in [-0.15, -0.1) is 0 Å². The molecule has 0 amide bonds. The summed E-state index contributed by atoms with van der Waals surface area (Å²) in [4.78, 5) is 4.30. The molecule has 0 spiro atoms. The molecule has 1 fully saturated rings. The molecule has 5 nitrogen and oxygen atoms in total. The van der Waals surface area contributed by atoms with Crippen LogP contribution < -0.4 is 5.32 Å². The average Bonchev–Trinajstić information content (AvgIpc) is 3.02. The Morgan fingerprint density at radius 3 is 3.20 bits per heavy atom. The molecule has 0 radical (unpaired) electrons. The Balaban J connectivity index is 1.87. The van der Waals surface area contributed by atoms with Gasteiger partial charge in [0.05, 0.1) is 12.3 Å². The summed E-state index contributed by atoms with van der Waals surface area (Å²) < 4.78 is 10.4. The lowest BCUT2D eigenvalue weighted by Gasteiger charge is -2.00. The third-order valence-corrected chi connectivity index (χ3v) is 2.54. The van der Waals surface area contributed by atoms with Crippen molar-refractivity contribution in [1.29, 1.82) is 0 Å². The van der Waals surface area contributed by atoms with E-state index in [9.17, 15) is 0 Å². The topological polar surface area (TPSA) is 64.1 Å². The van der Waals surface area contributed by atoms with Crippen molar-refractivity contribution in [3.05, 3.63) is 24.3 Å². The minimum atomic E-state index is 0.209. The maximum atomic E-state index is 5.19. The highest BCUT2D eigenvalue weighted by molar-refractivity contribution is 5.44. The van der Waals surface area contributed by atoms with E-state index in [1.807, 2.05) is 6.07 Å². The normalized spacial score (nSPS) is 20.9. The van der Waals surface area contributed by atoms with Crippen molar-refractivity contribution < 1.29 is 8.94 Å². The molecule has 0 saturated carbocycles. The van der Waals surface area contributed by atoms with Crippen molar-refractivity contribution in [2.75, 3.05) is 6.54 Å². The first-order chi connectivity index (χ1) is 7.43. The average molecular weight is 205 g/mol. The second kappa shape index (κ2) is 3.51. The third kappa shape index (κ3) is 1.55. The quantitative estimate of drug-likeness (QED) is 0.809. The number of hydrogen-bond donors (Lipinski definition) is 1. The van der Waals surface area contributed by atoms with Crippen LogP contribution in [0.4, 0.5) is 0 Å². The molecule has 3 rings (SSSR count). The van der Waals surface area contributed by atoms with Crippen LogP contribution in [0.2, 0.25) is 0 Å². The van der Waals surface area contributed by atoms with Gasteiger partial charge in [-0.2, -0.15) is 4.98 Å².